The second-order valence-electron chi connectivity index (χ2n) is 7.26. The number of nitrogens with one attached hydrogen (secondary N) is 1. The molecule has 3 nitrogen and oxygen atoms in total. The summed E-state index contributed by atoms with van der Waals surface area (Å²) in [5, 5.41) is 3.29. The van der Waals surface area contributed by atoms with E-state index in [0.717, 1.165) is 22.4 Å². The molecule has 0 bridgehead atoms. The molecule has 144 valence electrons. The van der Waals surface area contributed by atoms with Crippen LogP contribution in [0.25, 0.3) is 0 Å². The number of carbonyl (C=O) groups is 1. The lowest BCUT2D eigenvalue weighted by Crippen LogP contribution is -2.35. The Balaban J connectivity index is 1.93. The SMILES string of the molecule is COc1ccc([C@@H](NC(=O)[C@H](c2ccccc2)C(C)C)c2ccccc2)cc1. The van der Waals surface area contributed by atoms with Gasteiger partial charge in [0.1, 0.15) is 5.75 Å². The Morgan fingerprint density at radius 2 is 1.25 bits per heavy atom. The first-order chi connectivity index (χ1) is 13.6. The van der Waals surface area contributed by atoms with Crippen molar-refractivity contribution >= 4 is 5.91 Å². The Labute approximate surface area is 167 Å². The lowest BCUT2D eigenvalue weighted by atomic mass is 9.87. The fourth-order valence-corrected chi connectivity index (χ4v) is 3.53. The number of amides is 1. The first-order valence-corrected chi connectivity index (χ1v) is 9.64. The monoisotopic (exact) mass is 373 g/mol. The van der Waals surface area contributed by atoms with Crippen molar-refractivity contribution in [1.29, 1.82) is 0 Å². The van der Waals surface area contributed by atoms with Gasteiger partial charge in [0, 0.05) is 0 Å². The third-order valence-electron chi connectivity index (χ3n) is 4.98. The molecule has 3 aromatic carbocycles. The summed E-state index contributed by atoms with van der Waals surface area (Å²) in [7, 11) is 1.65. The van der Waals surface area contributed by atoms with Crippen molar-refractivity contribution in [3.05, 3.63) is 102 Å². The van der Waals surface area contributed by atoms with Gasteiger partial charge in [-0.05, 0) is 34.7 Å². The van der Waals surface area contributed by atoms with Crippen LogP contribution in [0.5, 0.6) is 5.75 Å². The molecule has 0 radical (unpaired) electrons. The van der Waals surface area contributed by atoms with Crippen molar-refractivity contribution in [2.75, 3.05) is 7.11 Å². The number of methoxy groups -OCH3 is 1. The van der Waals surface area contributed by atoms with E-state index in [9.17, 15) is 4.79 Å². The molecule has 0 fully saturated rings. The van der Waals surface area contributed by atoms with Crippen LogP contribution in [0.1, 0.15) is 42.5 Å². The second-order valence-corrected chi connectivity index (χ2v) is 7.26. The van der Waals surface area contributed by atoms with Crippen LogP contribution < -0.4 is 10.1 Å². The summed E-state index contributed by atoms with van der Waals surface area (Å²) in [5.74, 6) is 0.817. The number of carbonyl (C=O) groups excluding carboxylic acids is 1. The number of hydrogen-bond acceptors (Lipinski definition) is 2. The topological polar surface area (TPSA) is 38.3 Å². The van der Waals surface area contributed by atoms with E-state index in [4.69, 9.17) is 4.74 Å². The predicted octanol–water partition coefficient (Wildman–Crippen LogP) is 5.34. The van der Waals surface area contributed by atoms with E-state index in [2.05, 4.69) is 19.2 Å². The largest absolute Gasteiger partial charge is 0.497 e. The van der Waals surface area contributed by atoms with Gasteiger partial charge in [0.15, 0.2) is 0 Å². The van der Waals surface area contributed by atoms with Gasteiger partial charge in [0.2, 0.25) is 5.91 Å². The van der Waals surface area contributed by atoms with Crippen LogP contribution in [0.2, 0.25) is 0 Å². The lowest BCUT2D eigenvalue weighted by Gasteiger charge is -2.26. The van der Waals surface area contributed by atoms with Crippen molar-refractivity contribution in [2.45, 2.75) is 25.8 Å². The highest BCUT2D eigenvalue weighted by atomic mass is 16.5. The molecule has 1 amide bonds. The maximum atomic E-state index is 13.3. The fraction of sp³-hybridized carbons (Fsp3) is 0.240. The zero-order chi connectivity index (χ0) is 19.9. The minimum absolute atomic E-state index is 0.0332. The molecule has 0 saturated heterocycles. The Bertz CT molecular complexity index is 873. The summed E-state index contributed by atoms with van der Waals surface area (Å²) in [6.07, 6.45) is 0. The van der Waals surface area contributed by atoms with Gasteiger partial charge < -0.3 is 10.1 Å². The number of benzene rings is 3. The molecule has 2 atom stereocenters. The normalized spacial score (nSPS) is 13.0. The first kappa shape index (κ1) is 19.7. The molecular weight excluding hydrogens is 346 g/mol. The minimum Gasteiger partial charge on any atom is -0.497 e. The second kappa shape index (κ2) is 9.23. The smallest absolute Gasteiger partial charge is 0.228 e. The molecule has 3 rings (SSSR count). The van der Waals surface area contributed by atoms with E-state index < -0.39 is 0 Å². The summed E-state index contributed by atoms with van der Waals surface area (Å²) in [6.45, 7) is 4.17. The van der Waals surface area contributed by atoms with Gasteiger partial charge in [-0.3, -0.25) is 4.79 Å². The highest BCUT2D eigenvalue weighted by molar-refractivity contribution is 5.84. The average molecular weight is 373 g/mol. The molecule has 0 heterocycles. The van der Waals surface area contributed by atoms with Gasteiger partial charge in [-0.15, -0.1) is 0 Å². The van der Waals surface area contributed by atoms with Gasteiger partial charge in [0.25, 0.3) is 0 Å². The number of rotatable bonds is 7. The fourth-order valence-electron chi connectivity index (χ4n) is 3.53. The molecule has 0 spiro atoms. The predicted molar refractivity (Wildman–Crippen MR) is 113 cm³/mol. The minimum atomic E-state index is -0.218. The summed E-state index contributed by atoms with van der Waals surface area (Å²) in [6, 6.07) is 27.7. The number of ether oxygens (including phenoxy) is 1. The summed E-state index contributed by atoms with van der Waals surface area (Å²) in [5.41, 5.74) is 3.11. The molecule has 0 unspecified atom stereocenters. The summed E-state index contributed by atoms with van der Waals surface area (Å²) >= 11 is 0. The van der Waals surface area contributed by atoms with E-state index in [1.807, 2.05) is 84.9 Å². The third kappa shape index (κ3) is 4.61. The Hall–Kier alpha value is -3.07. The van der Waals surface area contributed by atoms with Crippen LogP contribution in [0, 0.1) is 5.92 Å². The van der Waals surface area contributed by atoms with Crippen molar-refractivity contribution < 1.29 is 9.53 Å². The van der Waals surface area contributed by atoms with Crippen molar-refractivity contribution in [3.63, 3.8) is 0 Å². The zero-order valence-corrected chi connectivity index (χ0v) is 16.6. The molecule has 0 aliphatic carbocycles. The highest BCUT2D eigenvalue weighted by Crippen LogP contribution is 2.29. The Morgan fingerprint density at radius 1 is 0.750 bits per heavy atom. The van der Waals surface area contributed by atoms with Gasteiger partial charge in [-0.2, -0.15) is 0 Å². The highest BCUT2D eigenvalue weighted by Gasteiger charge is 2.27. The molecule has 3 heteroatoms. The van der Waals surface area contributed by atoms with Crippen molar-refractivity contribution in [3.8, 4) is 5.75 Å². The molecule has 28 heavy (non-hydrogen) atoms. The van der Waals surface area contributed by atoms with E-state index in [1.54, 1.807) is 7.11 Å². The van der Waals surface area contributed by atoms with Gasteiger partial charge in [-0.25, -0.2) is 0 Å². The third-order valence-corrected chi connectivity index (χ3v) is 4.98. The molecule has 1 N–H and O–H groups in total. The van der Waals surface area contributed by atoms with Crippen LogP contribution in [0.3, 0.4) is 0 Å². The summed E-state index contributed by atoms with van der Waals surface area (Å²) in [4.78, 5) is 13.3. The van der Waals surface area contributed by atoms with Crippen LogP contribution in [-0.2, 0) is 4.79 Å². The zero-order valence-electron chi connectivity index (χ0n) is 16.6. The summed E-state index contributed by atoms with van der Waals surface area (Å²) < 4.78 is 5.28. The van der Waals surface area contributed by atoms with E-state index in [1.165, 1.54) is 0 Å². The van der Waals surface area contributed by atoms with Crippen molar-refractivity contribution in [2.24, 2.45) is 5.92 Å². The van der Waals surface area contributed by atoms with Crippen LogP contribution in [0.15, 0.2) is 84.9 Å². The molecular formula is C25H27NO2. The average Bonchev–Trinajstić information content (AvgIpc) is 2.73. The first-order valence-electron chi connectivity index (χ1n) is 9.64. The lowest BCUT2D eigenvalue weighted by molar-refractivity contribution is -0.124. The van der Waals surface area contributed by atoms with E-state index >= 15 is 0 Å². The molecule has 3 aromatic rings. The van der Waals surface area contributed by atoms with E-state index in [0.29, 0.717) is 0 Å². The van der Waals surface area contributed by atoms with Gasteiger partial charge in [-0.1, -0.05) is 86.6 Å². The van der Waals surface area contributed by atoms with Crippen LogP contribution in [0.4, 0.5) is 0 Å². The molecule has 0 aliphatic heterocycles. The van der Waals surface area contributed by atoms with Gasteiger partial charge >= 0.3 is 0 Å². The maximum Gasteiger partial charge on any atom is 0.228 e. The van der Waals surface area contributed by atoms with E-state index in [-0.39, 0.29) is 23.8 Å². The number of hydrogen-bond donors (Lipinski definition) is 1. The van der Waals surface area contributed by atoms with Crippen LogP contribution >= 0.6 is 0 Å². The Kier molecular flexibility index (Phi) is 6.49. The van der Waals surface area contributed by atoms with Crippen molar-refractivity contribution in [1.82, 2.24) is 5.32 Å². The standard InChI is InChI=1S/C25H27NO2/c1-18(2)23(19-10-6-4-7-11-19)25(27)26-24(20-12-8-5-9-13-20)21-14-16-22(28-3)17-15-21/h4-18,23-24H,1-3H3,(H,26,27)/t23-,24-/m0/s1. The molecule has 0 aliphatic rings. The Morgan fingerprint density at radius 3 is 1.75 bits per heavy atom. The van der Waals surface area contributed by atoms with Gasteiger partial charge in [0.05, 0.1) is 19.1 Å². The molecule has 0 saturated carbocycles. The maximum absolute atomic E-state index is 13.3. The quantitative estimate of drug-likeness (QED) is 0.607. The molecule has 0 aromatic heterocycles. The van der Waals surface area contributed by atoms with Crippen LogP contribution in [-0.4, -0.2) is 13.0 Å².